The van der Waals surface area contributed by atoms with Gasteiger partial charge in [0.2, 0.25) is 5.75 Å². The molecule has 23 heavy (non-hydrogen) atoms. The highest BCUT2D eigenvalue weighted by atomic mass is 19.4. The quantitative estimate of drug-likeness (QED) is 0.735. The van der Waals surface area contributed by atoms with Gasteiger partial charge in [0.1, 0.15) is 6.61 Å². The van der Waals surface area contributed by atoms with E-state index in [1.165, 1.54) is 33.5 Å². The van der Waals surface area contributed by atoms with Gasteiger partial charge in [-0.25, -0.2) is 0 Å². The molecule has 0 aliphatic carbocycles. The lowest BCUT2D eigenvalue weighted by Gasteiger charge is -2.14. The maximum atomic E-state index is 12.0. The summed E-state index contributed by atoms with van der Waals surface area (Å²) in [6.07, 6.45) is -4.39. The Morgan fingerprint density at radius 1 is 1.09 bits per heavy atom. The molecule has 0 saturated heterocycles. The number of rotatable bonds is 8. The highest BCUT2D eigenvalue weighted by molar-refractivity contribution is 5.95. The van der Waals surface area contributed by atoms with Crippen LogP contribution in [0.4, 0.5) is 13.2 Å². The van der Waals surface area contributed by atoms with E-state index in [1.807, 2.05) is 0 Å². The average Bonchev–Trinajstić information content (AvgIpc) is 2.51. The molecule has 1 amide bonds. The molecule has 0 bridgehead atoms. The molecule has 0 radical (unpaired) electrons. The van der Waals surface area contributed by atoms with Crippen molar-refractivity contribution in [2.45, 2.75) is 6.18 Å². The molecular formula is C14H18F3NO5. The third-order valence-corrected chi connectivity index (χ3v) is 2.72. The van der Waals surface area contributed by atoms with Crippen LogP contribution in [0.25, 0.3) is 0 Å². The molecule has 130 valence electrons. The van der Waals surface area contributed by atoms with Crippen LogP contribution in [0.15, 0.2) is 12.1 Å². The van der Waals surface area contributed by atoms with Gasteiger partial charge >= 0.3 is 6.18 Å². The first kappa shape index (κ1) is 18.9. The number of ether oxygens (including phenoxy) is 4. The predicted molar refractivity (Wildman–Crippen MR) is 75.3 cm³/mol. The summed E-state index contributed by atoms with van der Waals surface area (Å²) in [5.41, 5.74) is 0.218. The van der Waals surface area contributed by atoms with Gasteiger partial charge in [0.25, 0.3) is 5.91 Å². The van der Waals surface area contributed by atoms with E-state index in [0.717, 1.165) is 0 Å². The van der Waals surface area contributed by atoms with Gasteiger partial charge in [-0.3, -0.25) is 4.79 Å². The zero-order valence-electron chi connectivity index (χ0n) is 13.0. The summed E-state index contributed by atoms with van der Waals surface area (Å²) >= 11 is 0. The first-order valence-corrected chi connectivity index (χ1v) is 6.55. The SMILES string of the molecule is COc1cc(C(=O)NCCOCC(F)(F)F)cc(OC)c1OC. The number of hydrogen-bond acceptors (Lipinski definition) is 5. The summed E-state index contributed by atoms with van der Waals surface area (Å²) in [6, 6.07) is 2.88. The Hall–Kier alpha value is -2.16. The zero-order chi connectivity index (χ0) is 17.5. The maximum Gasteiger partial charge on any atom is 0.411 e. The third kappa shape index (κ3) is 5.85. The fraction of sp³-hybridized carbons (Fsp3) is 0.500. The van der Waals surface area contributed by atoms with Gasteiger partial charge < -0.3 is 24.3 Å². The van der Waals surface area contributed by atoms with E-state index < -0.39 is 18.7 Å². The van der Waals surface area contributed by atoms with Crippen molar-refractivity contribution in [3.63, 3.8) is 0 Å². The van der Waals surface area contributed by atoms with E-state index in [0.29, 0.717) is 17.2 Å². The Balaban J connectivity index is 2.66. The van der Waals surface area contributed by atoms with Gasteiger partial charge in [0, 0.05) is 12.1 Å². The number of carbonyl (C=O) groups excluding carboxylic acids is 1. The van der Waals surface area contributed by atoms with Crippen molar-refractivity contribution < 1.29 is 36.9 Å². The van der Waals surface area contributed by atoms with Crippen molar-refractivity contribution in [2.24, 2.45) is 0 Å². The molecule has 0 fully saturated rings. The fourth-order valence-electron chi connectivity index (χ4n) is 1.74. The fourth-order valence-corrected chi connectivity index (χ4v) is 1.74. The monoisotopic (exact) mass is 337 g/mol. The summed E-state index contributed by atoms with van der Waals surface area (Å²) in [6.45, 7) is -1.67. The lowest BCUT2D eigenvalue weighted by molar-refractivity contribution is -0.173. The molecule has 0 saturated carbocycles. The number of benzene rings is 1. The summed E-state index contributed by atoms with van der Waals surface area (Å²) in [4.78, 5) is 12.0. The van der Waals surface area contributed by atoms with Crippen LogP contribution in [0.3, 0.4) is 0 Å². The molecule has 1 aromatic carbocycles. The Morgan fingerprint density at radius 2 is 1.65 bits per heavy atom. The summed E-state index contributed by atoms with van der Waals surface area (Å²) in [5.74, 6) is 0.426. The van der Waals surface area contributed by atoms with Gasteiger partial charge in [0.05, 0.1) is 27.9 Å². The molecule has 0 heterocycles. The minimum Gasteiger partial charge on any atom is -0.493 e. The van der Waals surface area contributed by atoms with E-state index in [-0.39, 0.29) is 18.7 Å². The summed E-state index contributed by atoms with van der Waals surface area (Å²) in [5, 5.41) is 2.44. The molecule has 1 aromatic rings. The summed E-state index contributed by atoms with van der Waals surface area (Å²) < 4.78 is 55.4. The first-order chi connectivity index (χ1) is 10.8. The average molecular weight is 337 g/mol. The number of methoxy groups -OCH3 is 3. The molecule has 6 nitrogen and oxygen atoms in total. The molecular weight excluding hydrogens is 319 g/mol. The number of alkyl halides is 3. The molecule has 0 aromatic heterocycles. The molecule has 0 aliphatic heterocycles. The standard InChI is InChI=1S/C14H18F3NO5/c1-20-10-6-9(7-11(21-2)12(10)22-3)13(19)18-4-5-23-8-14(15,16)17/h6-7H,4-5,8H2,1-3H3,(H,18,19). The molecule has 0 unspecified atom stereocenters. The smallest absolute Gasteiger partial charge is 0.411 e. The van der Waals surface area contributed by atoms with Gasteiger partial charge in [-0.15, -0.1) is 0 Å². The number of hydrogen-bond donors (Lipinski definition) is 1. The largest absolute Gasteiger partial charge is 0.493 e. The van der Waals surface area contributed by atoms with Crippen molar-refractivity contribution in [2.75, 3.05) is 41.1 Å². The normalized spacial score (nSPS) is 11.0. The summed E-state index contributed by atoms with van der Waals surface area (Å²) in [7, 11) is 4.24. The van der Waals surface area contributed by atoms with Gasteiger partial charge in [-0.2, -0.15) is 13.2 Å². The second kappa shape index (κ2) is 8.47. The van der Waals surface area contributed by atoms with Crippen LogP contribution in [-0.2, 0) is 4.74 Å². The number of nitrogens with one attached hydrogen (secondary N) is 1. The Labute approximate surface area is 131 Å². The van der Waals surface area contributed by atoms with Crippen LogP contribution in [0.1, 0.15) is 10.4 Å². The van der Waals surface area contributed by atoms with Crippen molar-refractivity contribution in [3.05, 3.63) is 17.7 Å². The first-order valence-electron chi connectivity index (χ1n) is 6.55. The molecule has 1 N–H and O–H groups in total. The lowest BCUT2D eigenvalue weighted by Crippen LogP contribution is -2.29. The lowest BCUT2D eigenvalue weighted by atomic mass is 10.1. The van der Waals surface area contributed by atoms with Crippen LogP contribution in [-0.4, -0.2) is 53.2 Å². The van der Waals surface area contributed by atoms with Gasteiger partial charge in [-0.1, -0.05) is 0 Å². The van der Waals surface area contributed by atoms with Crippen LogP contribution >= 0.6 is 0 Å². The van der Waals surface area contributed by atoms with Gasteiger partial charge in [-0.05, 0) is 12.1 Å². The van der Waals surface area contributed by atoms with Crippen molar-refractivity contribution in [3.8, 4) is 17.2 Å². The van der Waals surface area contributed by atoms with E-state index in [4.69, 9.17) is 14.2 Å². The Morgan fingerprint density at radius 3 is 2.09 bits per heavy atom. The minimum atomic E-state index is -4.39. The minimum absolute atomic E-state index is 0.0639. The second-order valence-corrected chi connectivity index (χ2v) is 4.34. The molecule has 0 aliphatic rings. The zero-order valence-corrected chi connectivity index (χ0v) is 13.0. The van der Waals surface area contributed by atoms with E-state index in [1.54, 1.807) is 0 Å². The molecule has 1 rings (SSSR count). The molecule has 9 heteroatoms. The van der Waals surface area contributed by atoms with E-state index in [2.05, 4.69) is 10.1 Å². The highest BCUT2D eigenvalue weighted by Gasteiger charge is 2.27. The topological polar surface area (TPSA) is 66.0 Å². The van der Waals surface area contributed by atoms with E-state index >= 15 is 0 Å². The Bertz CT molecular complexity index is 509. The van der Waals surface area contributed by atoms with Crippen LogP contribution in [0, 0.1) is 0 Å². The number of halogens is 3. The van der Waals surface area contributed by atoms with E-state index in [9.17, 15) is 18.0 Å². The number of carbonyl (C=O) groups is 1. The van der Waals surface area contributed by atoms with Crippen LogP contribution < -0.4 is 19.5 Å². The maximum absolute atomic E-state index is 12.0. The second-order valence-electron chi connectivity index (χ2n) is 4.34. The molecule has 0 atom stereocenters. The van der Waals surface area contributed by atoms with Crippen molar-refractivity contribution in [1.82, 2.24) is 5.32 Å². The highest BCUT2D eigenvalue weighted by Crippen LogP contribution is 2.38. The van der Waals surface area contributed by atoms with Crippen LogP contribution in [0.2, 0.25) is 0 Å². The van der Waals surface area contributed by atoms with Crippen molar-refractivity contribution in [1.29, 1.82) is 0 Å². The van der Waals surface area contributed by atoms with Crippen molar-refractivity contribution >= 4 is 5.91 Å². The predicted octanol–water partition coefficient (Wildman–Crippen LogP) is 2.02. The molecule has 0 spiro atoms. The third-order valence-electron chi connectivity index (χ3n) is 2.72. The number of amides is 1. The Kier molecular flexibility index (Phi) is 6.95. The van der Waals surface area contributed by atoms with Crippen LogP contribution in [0.5, 0.6) is 17.2 Å². The van der Waals surface area contributed by atoms with Gasteiger partial charge in [0.15, 0.2) is 11.5 Å².